The molecule has 1 aromatic rings. The third-order valence-corrected chi connectivity index (χ3v) is 3.81. The average Bonchev–Trinajstić information content (AvgIpc) is 3.38. The van der Waals surface area contributed by atoms with E-state index in [1.165, 1.54) is 0 Å². The van der Waals surface area contributed by atoms with Crippen LogP contribution in [-0.2, 0) is 4.79 Å². The molecular weight excluding hydrogens is 326 g/mol. The van der Waals surface area contributed by atoms with E-state index in [9.17, 15) is 4.79 Å². The van der Waals surface area contributed by atoms with Crippen LogP contribution >= 0.6 is 0 Å². The molecule has 0 saturated heterocycles. The van der Waals surface area contributed by atoms with Crippen LogP contribution in [-0.4, -0.2) is 28.5 Å². The summed E-state index contributed by atoms with van der Waals surface area (Å²) in [5.41, 5.74) is 10.6. The maximum Gasteiger partial charge on any atom is 0.267 e. The molecule has 0 saturated carbocycles. The predicted molar refractivity (Wildman–Crippen MR) is 105 cm³/mol. The van der Waals surface area contributed by atoms with Crippen LogP contribution in [0.1, 0.15) is 11.4 Å². The number of rotatable bonds is 4. The van der Waals surface area contributed by atoms with E-state index in [4.69, 9.17) is 5.73 Å². The second-order valence-corrected chi connectivity index (χ2v) is 5.78. The zero-order valence-electron chi connectivity index (χ0n) is 13.8. The van der Waals surface area contributed by atoms with Crippen molar-refractivity contribution in [2.75, 3.05) is 0 Å². The van der Waals surface area contributed by atoms with Gasteiger partial charge in [-0.25, -0.2) is 9.98 Å². The normalized spacial score (nSPS) is 22.2. The fourth-order valence-electron chi connectivity index (χ4n) is 2.62. The van der Waals surface area contributed by atoms with Gasteiger partial charge in [0.25, 0.3) is 5.91 Å². The molecule has 6 heteroatoms. The van der Waals surface area contributed by atoms with Crippen LogP contribution in [0.5, 0.6) is 0 Å². The molecule has 3 aliphatic rings. The van der Waals surface area contributed by atoms with Gasteiger partial charge in [0.15, 0.2) is 0 Å². The minimum absolute atomic E-state index is 0.263. The molecule has 0 spiro atoms. The maximum atomic E-state index is 11.1. The number of aromatic amines is 1. The molecule has 0 aromatic carbocycles. The molecule has 0 fully saturated rings. The summed E-state index contributed by atoms with van der Waals surface area (Å²) in [5, 5.41) is 0. The zero-order chi connectivity index (χ0) is 17.9. The summed E-state index contributed by atoms with van der Waals surface area (Å²) in [5.74, 6) is -0.531. The quantitative estimate of drug-likeness (QED) is 0.865. The average molecular weight is 341 g/mol. The van der Waals surface area contributed by atoms with Gasteiger partial charge >= 0.3 is 0 Å². The standard InChI is InChI=1S/C20H15N5O/c21-20(26)19-8-7-18(25-19)12-17-6-5-16(24-17)11-15-4-3-14(23-15)10-13-2-1-9-22-13/h1-12,24H,(H2,21,26). The lowest BCUT2D eigenvalue weighted by molar-refractivity contribution is -0.111. The van der Waals surface area contributed by atoms with Gasteiger partial charge in [0.05, 0.1) is 22.8 Å². The van der Waals surface area contributed by atoms with Gasteiger partial charge in [0.2, 0.25) is 0 Å². The van der Waals surface area contributed by atoms with E-state index in [2.05, 4.69) is 20.0 Å². The summed E-state index contributed by atoms with van der Waals surface area (Å²) >= 11 is 0. The van der Waals surface area contributed by atoms with Gasteiger partial charge in [0.1, 0.15) is 5.71 Å². The van der Waals surface area contributed by atoms with Gasteiger partial charge in [-0.15, -0.1) is 0 Å². The molecule has 0 atom stereocenters. The fourth-order valence-corrected chi connectivity index (χ4v) is 2.62. The summed E-state index contributed by atoms with van der Waals surface area (Å²) in [7, 11) is 0. The smallest absolute Gasteiger partial charge is 0.267 e. The number of amides is 1. The number of aromatic nitrogens is 1. The molecular formula is C20H15N5O. The Bertz CT molecular complexity index is 1040. The molecule has 6 nitrogen and oxygen atoms in total. The molecule has 1 amide bonds. The highest BCUT2D eigenvalue weighted by Gasteiger charge is 2.09. The lowest BCUT2D eigenvalue weighted by atomic mass is 10.3. The molecule has 26 heavy (non-hydrogen) atoms. The van der Waals surface area contributed by atoms with Crippen LogP contribution in [0.2, 0.25) is 0 Å². The van der Waals surface area contributed by atoms with E-state index < -0.39 is 5.91 Å². The Labute approximate surface area is 150 Å². The van der Waals surface area contributed by atoms with Gasteiger partial charge in [-0.3, -0.25) is 9.79 Å². The van der Waals surface area contributed by atoms with Crippen LogP contribution in [0.25, 0.3) is 12.2 Å². The topological polar surface area (TPSA) is 96.0 Å². The summed E-state index contributed by atoms with van der Waals surface area (Å²) in [4.78, 5) is 27.3. The van der Waals surface area contributed by atoms with E-state index >= 15 is 0 Å². The monoisotopic (exact) mass is 341 g/mol. The van der Waals surface area contributed by atoms with Gasteiger partial charge in [-0.1, -0.05) is 0 Å². The Morgan fingerprint density at radius 3 is 2.27 bits per heavy atom. The molecule has 0 radical (unpaired) electrons. The van der Waals surface area contributed by atoms with Crippen molar-refractivity contribution in [3.8, 4) is 0 Å². The van der Waals surface area contributed by atoms with Crippen molar-refractivity contribution in [3.05, 3.63) is 83.1 Å². The van der Waals surface area contributed by atoms with Crippen molar-refractivity contribution < 1.29 is 4.79 Å². The van der Waals surface area contributed by atoms with E-state index in [0.717, 1.165) is 28.5 Å². The molecule has 4 heterocycles. The Balaban J connectivity index is 1.49. The molecule has 126 valence electrons. The first-order chi connectivity index (χ1) is 12.7. The summed E-state index contributed by atoms with van der Waals surface area (Å²) in [6, 6.07) is 3.90. The summed E-state index contributed by atoms with van der Waals surface area (Å²) in [6.45, 7) is 0. The number of hydrogen-bond donors (Lipinski definition) is 2. The second kappa shape index (κ2) is 6.60. The van der Waals surface area contributed by atoms with Crippen LogP contribution in [0, 0.1) is 0 Å². The Kier molecular flexibility index (Phi) is 3.99. The van der Waals surface area contributed by atoms with E-state index in [-0.39, 0.29) is 5.71 Å². The van der Waals surface area contributed by atoms with Crippen LogP contribution in [0.4, 0.5) is 0 Å². The largest absolute Gasteiger partial charge is 0.364 e. The number of nitrogens with one attached hydrogen (secondary N) is 1. The highest BCUT2D eigenvalue weighted by molar-refractivity contribution is 6.43. The first kappa shape index (κ1) is 15.7. The zero-order valence-corrected chi connectivity index (χ0v) is 13.8. The number of carbonyl (C=O) groups is 1. The number of nitrogens with zero attached hydrogens (tertiary/aromatic N) is 3. The Morgan fingerprint density at radius 2 is 1.62 bits per heavy atom. The van der Waals surface area contributed by atoms with Crippen molar-refractivity contribution in [2.45, 2.75) is 0 Å². The molecule has 3 N–H and O–H groups in total. The number of aliphatic imine (C=N–C) groups is 3. The first-order valence-electron chi connectivity index (χ1n) is 8.04. The molecule has 0 bridgehead atoms. The summed E-state index contributed by atoms with van der Waals surface area (Å²) < 4.78 is 0. The first-order valence-corrected chi connectivity index (χ1v) is 8.04. The van der Waals surface area contributed by atoms with Crippen molar-refractivity contribution in [2.24, 2.45) is 20.7 Å². The molecule has 3 aliphatic heterocycles. The number of hydrogen-bond acceptors (Lipinski definition) is 4. The van der Waals surface area contributed by atoms with E-state index in [1.54, 1.807) is 18.4 Å². The Hall–Kier alpha value is -3.80. The number of primary amides is 1. The predicted octanol–water partition coefficient (Wildman–Crippen LogP) is 2.73. The molecule has 0 aliphatic carbocycles. The number of carbonyl (C=O) groups excluding carboxylic acids is 1. The summed E-state index contributed by atoms with van der Waals surface area (Å²) in [6.07, 6.45) is 18.6. The lowest BCUT2D eigenvalue weighted by Crippen LogP contribution is -2.19. The number of H-pyrrole nitrogens is 1. The lowest BCUT2D eigenvalue weighted by Gasteiger charge is -1.92. The maximum absolute atomic E-state index is 11.1. The van der Waals surface area contributed by atoms with E-state index in [0.29, 0.717) is 5.70 Å². The van der Waals surface area contributed by atoms with Gasteiger partial charge in [0, 0.05) is 17.6 Å². The molecule has 0 unspecified atom stereocenters. The number of allylic oxidation sites excluding steroid dienone is 6. The highest BCUT2D eigenvalue weighted by atomic mass is 16.1. The third-order valence-electron chi connectivity index (χ3n) is 3.81. The van der Waals surface area contributed by atoms with Gasteiger partial charge < -0.3 is 10.7 Å². The SMILES string of the molecule is NC(=O)C1=NC(=Cc2ccc(C=C3C=CC(C=C4C=CC=N4)=N3)[nH]2)C=C1. The molecule has 1 aromatic heterocycles. The van der Waals surface area contributed by atoms with Crippen LogP contribution < -0.4 is 5.73 Å². The van der Waals surface area contributed by atoms with Crippen molar-refractivity contribution >= 4 is 35.7 Å². The number of nitrogens with two attached hydrogens (primary N) is 1. The second-order valence-electron chi connectivity index (χ2n) is 5.78. The minimum atomic E-state index is -0.531. The molecule has 4 rings (SSSR count). The van der Waals surface area contributed by atoms with Crippen molar-refractivity contribution in [1.29, 1.82) is 0 Å². The van der Waals surface area contributed by atoms with Crippen LogP contribution in [0.3, 0.4) is 0 Å². The third kappa shape index (κ3) is 3.49. The van der Waals surface area contributed by atoms with Crippen LogP contribution in [0.15, 0.2) is 86.7 Å². The highest BCUT2D eigenvalue weighted by Crippen LogP contribution is 2.18. The van der Waals surface area contributed by atoms with Gasteiger partial charge in [-0.05, 0) is 66.8 Å². The Morgan fingerprint density at radius 1 is 0.885 bits per heavy atom. The fraction of sp³-hybridized carbons (Fsp3) is 0. The van der Waals surface area contributed by atoms with E-state index in [1.807, 2.05) is 54.7 Å². The van der Waals surface area contributed by atoms with Gasteiger partial charge in [-0.2, -0.15) is 0 Å². The minimum Gasteiger partial charge on any atom is -0.364 e. The van der Waals surface area contributed by atoms with Crippen molar-refractivity contribution in [1.82, 2.24) is 4.98 Å². The van der Waals surface area contributed by atoms with Crippen molar-refractivity contribution in [3.63, 3.8) is 0 Å².